The summed E-state index contributed by atoms with van der Waals surface area (Å²) < 4.78 is 0. The van der Waals surface area contributed by atoms with Crippen LogP contribution in [0.15, 0.2) is 73.1 Å². The van der Waals surface area contributed by atoms with Crippen LogP contribution in [0.1, 0.15) is 24.0 Å². The number of benzene rings is 2. The fraction of sp³-hybridized carbons (Fsp3) is 0.231. The number of hydrazine groups is 1. The van der Waals surface area contributed by atoms with Crippen LogP contribution in [0.25, 0.3) is 21.8 Å². The number of aromatic nitrogens is 2. The smallest absolute Gasteiger partial charge is 0.246 e. The van der Waals surface area contributed by atoms with Gasteiger partial charge in [-0.1, -0.05) is 36.4 Å². The van der Waals surface area contributed by atoms with Gasteiger partial charge in [0.2, 0.25) is 11.8 Å². The predicted molar refractivity (Wildman–Crippen MR) is 132 cm³/mol. The molecule has 0 bridgehead atoms. The highest BCUT2D eigenvalue weighted by Crippen LogP contribution is 2.15. The molecule has 0 saturated heterocycles. The molecule has 8 nitrogen and oxygen atoms in total. The molecule has 0 atom stereocenters. The van der Waals surface area contributed by atoms with Crippen molar-refractivity contribution in [3.63, 3.8) is 0 Å². The summed E-state index contributed by atoms with van der Waals surface area (Å²) in [4.78, 5) is 36.1. The number of nitrogens with two attached hydrogens (primary N) is 1. The van der Waals surface area contributed by atoms with Gasteiger partial charge < -0.3 is 0 Å². The fourth-order valence-corrected chi connectivity index (χ4v) is 3.35. The molecule has 4 rings (SSSR count). The van der Waals surface area contributed by atoms with Gasteiger partial charge in [0.1, 0.15) is 0 Å². The van der Waals surface area contributed by atoms with Crippen molar-refractivity contribution in [2.24, 2.45) is 5.84 Å². The maximum atomic E-state index is 11.6. The molecular formula is C26H29N5O3. The zero-order valence-electron chi connectivity index (χ0n) is 19.4. The molecule has 3 N–H and O–H groups in total. The average molecular weight is 460 g/mol. The first-order valence-electron chi connectivity index (χ1n) is 11.0. The van der Waals surface area contributed by atoms with Crippen LogP contribution < -0.4 is 11.3 Å². The van der Waals surface area contributed by atoms with Gasteiger partial charge in [-0.2, -0.15) is 0 Å². The summed E-state index contributed by atoms with van der Waals surface area (Å²) in [6.45, 7) is 0. The SMILES string of the molecule is CON(C)C(=O)CCc1cnc2ccccc2c1.NNC(=O)CCc1cnc2ccccc2c1. The van der Waals surface area contributed by atoms with Crippen molar-refractivity contribution in [1.82, 2.24) is 20.5 Å². The Balaban J connectivity index is 0.000000192. The lowest BCUT2D eigenvalue weighted by molar-refractivity contribution is -0.168. The Bertz CT molecular complexity index is 1260. The average Bonchev–Trinajstić information content (AvgIpc) is 2.89. The van der Waals surface area contributed by atoms with E-state index in [1.54, 1.807) is 13.2 Å². The first-order chi connectivity index (χ1) is 16.5. The molecule has 0 spiro atoms. The second-order valence-corrected chi connectivity index (χ2v) is 7.71. The Hall–Kier alpha value is -3.88. The molecule has 2 amide bonds. The topological polar surface area (TPSA) is 110 Å². The zero-order valence-corrected chi connectivity index (χ0v) is 19.4. The second kappa shape index (κ2) is 12.4. The van der Waals surface area contributed by atoms with Crippen LogP contribution >= 0.6 is 0 Å². The standard InChI is InChI=1S/C14H16N2O2.C12H13N3O/c1-16(18-2)14(17)8-7-11-9-12-5-3-4-6-13(12)15-10-11;13-15-12(16)6-5-9-7-10-3-1-2-4-11(10)14-8-9/h3-6,9-10H,7-8H2,1-2H3;1-4,7-8H,5-6,13H2,(H,15,16). The van der Waals surface area contributed by atoms with Crippen LogP contribution in [-0.2, 0) is 27.3 Å². The van der Waals surface area contributed by atoms with Gasteiger partial charge in [0, 0.05) is 43.1 Å². The lowest BCUT2D eigenvalue weighted by atomic mass is 10.1. The minimum atomic E-state index is -0.159. The first-order valence-corrected chi connectivity index (χ1v) is 11.0. The molecule has 2 aromatic heterocycles. The molecule has 4 aromatic rings. The largest absolute Gasteiger partial charge is 0.294 e. The van der Waals surface area contributed by atoms with Crippen molar-refractivity contribution in [1.29, 1.82) is 0 Å². The summed E-state index contributed by atoms with van der Waals surface area (Å²) >= 11 is 0. The third-order valence-corrected chi connectivity index (χ3v) is 5.35. The summed E-state index contributed by atoms with van der Waals surface area (Å²) in [6.07, 6.45) is 5.75. The minimum absolute atomic E-state index is 0.0364. The Labute approximate surface area is 198 Å². The number of pyridine rings is 2. The van der Waals surface area contributed by atoms with Crippen molar-refractivity contribution < 1.29 is 14.4 Å². The van der Waals surface area contributed by atoms with E-state index in [2.05, 4.69) is 21.5 Å². The first kappa shape index (κ1) is 24.8. The molecule has 0 unspecified atom stereocenters. The molecule has 0 fully saturated rings. The van der Waals surface area contributed by atoms with Gasteiger partial charge in [-0.15, -0.1) is 0 Å². The minimum Gasteiger partial charge on any atom is -0.294 e. The number of para-hydroxylation sites is 2. The third kappa shape index (κ3) is 7.06. The van der Waals surface area contributed by atoms with Crippen LogP contribution in [0.4, 0.5) is 0 Å². The van der Waals surface area contributed by atoms with E-state index < -0.39 is 0 Å². The number of hydroxylamine groups is 2. The summed E-state index contributed by atoms with van der Waals surface area (Å²) in [5.74, 6) is 4.82. The second-order valence-electron chi connectivity index (χ2n) is 7.71. The number of hydrogen-bond donors (Lipinski definition) is 2. The van der Waals surface area contributed by atoms with Gasteiger partial charge in [0.05, 0.1) is 18.1 Å². The highest BCUT2D eigenvalue weighted by atomic mass is 16.7. The number of amides is 2. The molecule has 0 aliphatic heterocycles. The predicted octanol–water partition coefficient (Wildman–Crippen LogP) is 3.34. The van der Waals surface area contributed by atoms with Crippen LogP contribution in [0, 0.1) is 0 Å². The Morgan fingerprint density at radius 2 is 1.38 bits per heavy atom. The monoisotopic (exact) mass is 459 g/mol. The fourth-order valence-electron chi connectivity index (χ4n) is 3.35. The highest BCUT2D eigenvalue weighted by molar-refractivity contribution is 5.80. The summed E-state index contributed by atoms with van der Waals surface area (Å²) in [6, 6.07) is 20.0. The van der Waals surface area contributed by atoms with E-state index in [-0.39, 0.29) is 11.8 Å². The molecule has 2 aromatic carbocycles. The quantitative estimate of drug-likeness (QED) is 0.249. The van der Waals surface area contributed by atoms with E-state index in [1.165, 1.54) is 12.2 Å². The maximum Gasteiger partial charge on any atom is 0.246 e. The van der Waals surface area contributed by atoms with Crippen molar-refractivity contribution in [3.8, 4) is 0 Å². The van der Waals surface area contributed by atoms with Gasteiger partial charge >= 0.3 is 0 Å². The van der Waals surface area contributed by atoms with E-state index in [4.69, 9.17) is 10.7 Å². The van der Waals surface area contributed by atoms with E-state index in [0.717, 1.165) is 32.9 Å². The number of carbonyl (C=O) groups is 2. The number of carbonyl (C=O) groups excluding carboxylic acids is 2. The van der Waals surface area contributed by atoms with E-state index in [9.17, 15) is 9.59 Å². The van der Waals surface area contributed by atoms with E-state index >= 15 is 0 Å². The number of nitrogens with one attached hydrogen (secondary N) is 1. The summed E-state index contributed by atoms with van der Waals surface area (Å²) in [5, 5.41) is 3.43. The van der Waals surface area contributed by atoms with Crippen LogP contribution in [0.5, 0.6) is 0 Å². The van der Waals surface area contributed by atoms with Crippen molar-refractivity contribution >= 4 is 33.6 Å². The number of aryl methyl sites for hydroxylation is 2. The Kier molecular flexibility index (Phi) is 9.02. The number of fused-ring (bicyclic) bond motifs is 2. The van der Waals surface area contributed by atoms with Crippen molar-refractivity contribution in [2.75, 3.05) is 14.2 Å². The van der Waals surface area contributed by atoms with Gasteiger partial charge in [0.15, 0.2) is 0 Å². The molecule has 0 aliphatic rings. The summed E-state index contributed by atoms with van der Waals surface area (Å²) in [7, 11) is 3.09. The lowest BCUT2D eigenvalue weighted by Gasteiger charge is -2.13. The van der Waals surface area contributed by atoms with Crippen molar-refractivity contribution in [2.45, 2.75) is 25.7 Å². The van der Waals surface area contributed by atoms with Gasteiger partial charge in [-0.05, 0) is 48.2 Å². The normalized spacial score (nSPS) is 10.4. The van der Waals surface area contributed by atoms with Gasteiger partial charge in [-0.3, -0.25) is 29.8 Å². The van der Waals surface area contributed by atoms with Crippen LogP contribution in [0.3, 0.4) is 0 Å². The maximum absolute atomic E-state index is 11.6. The van der Waals surface area contributed by atoms with E-state index in [0.29, 0.717) is 25.7 Å². The van der Waals surface area contributed by atoms with Gasteiger partial charge in [-0.25, -0.2) is 10.9 Å². The zero-order chi connectivity index (χ0) is 24.3. The Morgan fingerprint density at radius 3 is 1.88 bits per heavy atom. The Morgan fingerprint density at radius 1 is 0.882 bits per heavy atom. The van der Waals surface area contributed by atoms with Crippen molar-refractivity contribution in [3.05, 3.63) is 84.2 Å². The molecule has 34 heavy (non-hydrogen) atoms. The van der Waals surface area contributed by atoms with E-state index in [1.807, 2.05) is 60.8 Å². The molecular weight excluding hydrogens is 430 g/mol. The van der Waals surface area contributed by atoms with Crippen LogP contribution in [0.2, 0.25) is 0 Å². The van der Waals surface area contributed by atoms with Gasteiger partial charge in [0.25, 0.3) is 0 Å². The summed E-state index contributed by atoms with van der Waals surface area (Å²) in [5.41, 5.74) is 6.16. The third-order valence-electron chi connectivity index (χ3n) is 5.35. The van der Waals surface area contributed by atoms with Crippen LogP contribution in [-0.4, -0.2) is 41.0 Å². The number of nitrogens with zero attached hydrogens (tertiary/aromatic N) is 3. The molecule has 176 valence electrons. The highest BCUT2D eigenvalue weighted by Gasteiger charge is 2.08. The number of hydrogen-bond acceptors (Lipinski definition) is 6. The molecule has 0 radical (unpaired) electrons. The molecule has 0 aliphatic carbocycles. The lowest BCUT2D eigenvalue weighted by Crippen LogP contribution is -2.30. The number of rotatable bonds is 7. The molecule has 8 heteroatoms. The molecule has 2 heterocycles. The molecule has 0 saturated carbocycles.